The Hall–Kier alpha value is -0.530. The fourth-order valence-corrected chi connectivity index (χ4v) is 1.46. The summed E-state index contributed by atoms with van der Waals surface area (Å²) in [5, 5.41) is 0. The summed E-state index contributed by atoms with van der Waals surface area (Å²) in [6.07, 6.45) is 1.82. The fraction of sp³-hybridized carbons (Fsp3) is 0.857. The smallest absolute Gasteiger partial charge is 0.241 e. The third kappa shape index (κ3) is 1.23. The van der Waals surface area contributed by atoms with Crippen molar-refractivity contribution in [3.8, 4) is 0 Å². The zero-order chi connectivity index (χ0) is 7.07. The summed E-state index contributed by atoms with van der Waals surface area (Å²) in [5.74, 6) is -0.325. The van der Waals surface area contributed by atoms with E-state index in [1.54, 1.807) is 0 Å². The Morgan fingerprint density at radius 3 is 2.11 bits per heavy atom. The summed E-state index contributed by atoms with van der Waals surface area (Å²) in [6, 6.07) is 0. The first kappa shape index (κ1) is 6.59. The predicted octanol–water partition coefficient (Wildman–Crippen LogP) is 1.23. The number of hydrogen-bond donors (Lipinski definition) is 0. The molecule has 1 aliphatic carbocycles. The highest BCUT2D eigenvalue weighted by Crippen LogP contribution is 2.44. The molecule has 0 atom stereocenters. The summed E-state index contributed by atoms with van der Waals surface area (Å²) in [5.41, 5.74) is 7.11. The quantitative estimate of drug-likeness (QED) is 0.521. The standard InChI is InChI=1S/C7H12NO/c1-7(2)3-5(4-7)6(8)9/h5,8H,3-4H2,1-2H3. The van der Waals surface area contributed by atoms with Crippen LogP contribution in [-0.2, 0) is 4.79 Å². The Labute approximate surface area is 55.4 Å². The highest BCUT2D eigenvalue weighted by atomic mass is 16.1. The number of hydrogen-bond acceptors (Lipinski definition) is 1. The summed E-state index contributed by atoms with van der Waals surface area (Å²) in [7, 11) is 0. The van der Waals surface area contributed by atoms with E-state index in [1.165, 1.54) is 0 Å². The van der Waals surface area contributed by atoms with Gasteiger partial charge in [0.05, 0.1) is 0 Å². The van der Waals surface area contributed by atoms with Crippen molar-refractivity contribution in [3.05, 3.63) is 0 Å². The van der Waals surface area contributed by atoms with Gasteiger partial charge in [0.2, 0.25) is 5.91 Å². The Balaban J connectivity index is 2.35. The molecule has 1 amide bonds. The molecule has 1 fully saturated rings. The third-order valence-corrected chi connectivity index (χ3v) is 1.97. The Morgan fingerprint density at radius 2 is 2.00 bits per heavy atom. The van der Waals surface area contributed by atoms with E-state index in [4.69, 9.17) is 5.73 Å². The molecular weight excluding hydrogens is 114 g/mol. The van der Waals surface area contributed by atoms with E-state index >= 15 is 0 Å². The van der Waals surface area contributed by atoms with E-state index in [0.29, 0.717) is 5.41 Å². The minimum absolute atomic E-state index is 0.0556. The van der Waals surface area contributed by atoms with Gasteiger partial charge < -0.3 is 0 Å². The topological polar surface area (TPSA) is 40.9 Å². The SMILES string of the molecule is CC1(C)CC(C([NH])=O)C1. The molecule has 1 rings (SSSR count). The first-order chi connectivity index (χ1) is 4.01. The lowest BCUT2D eigenvalue weighted by Crippen LogP contribution is -2.37. The molecule has 0 aliphatic heterocycles. The van der Waals surface area contributed by atoms with Gasteiger partial charge in [-0.3, -0.25) is 10.5 Å². The van der Waals surface area contributed by atoms with Crippen LogP contribution in [0.4, 0.5) is 0 Å². The summed E-state index contributed by atoms with van der Waals surface area (Å²) < 4.78 is 0. The van der Waals surface area contributed by atoms with Crippen molar-refractivity contribution in [2.75, 3.05) is 0 Å². The molecule has 51 valence electrons. The largest absolute Gasteiger partial charge is 0.273 e. The molecule has 1 N–H and O–H groups in total. The molecular formula is C7H12NO. The first-order valence-electron chi connectivity index (χ1n) is 3.27. The van der Waals surface area contributed by atoms with Crippen LogP contribution in [0.15, 0.2) is 0 Å². The number of nitrogens with one attached hydrogen (secondary N) is 1. The second-order valence-corrected chi connectivity index (χ2v) is 3.63. The molecule has 2 heteroatoms. The van der Waals surface area contributed by atoms with Gasteiger partial charge in [0, 0.05) is 5.92 Å². The summed E-state index contributed by atoms with van der Waals surface area (Å²) >= 11 is 0. The maximum absolute atomic E-state index is 10.4. The van der Waals surface area contributed by atoms with E-state index in [9.17, 15) is 4.79 Å². The minimum atomic E-state index is -0.380. The van der Waals surface area contributed by atoms with Crippen molar-refractivity contribution in [3.63, 3.8) is 0 Å². The van der Waals surface area contributed by atoms with Gasteiger partial charge in [-0.05, 0) is 18.3 Å². The summed E-state index contributed by atoms with van der Waals surface area (Å²) in [6.45, 7) is 4.26. The van der Waals surface area contributed by atoms with Crippen LogP contribution in [0, 0.1) is 11.3 Å². The first-order valence-corrected chi connectivity index (χ1v) is 3.27. The van der Waals surface area contributed by atoms with Crippen LogP contribution in [0.2, 0.25) is 0 Å². The molecule has 0 spiro atoms. The lowest BCUT2D eigenvalue weighted by Gasteiger charge is -2.40. The van der Waals surface area contributed by atoms with Crippen molar-refractivity contribution >= 4 is 5.91 Å². The molecule has 0 saturated heterocycles. The molecule has 2 nitrogen and oxygen atoms in total. The van der Waals surface area contributed by atoms with Gasteiger partial charge in [-0.2, -0.15) is 0 Å². The molecule has 0 aromatic carbocycles. The average Bonchev–Trinajstić information content (AvgIpc) is 1.59. The Bertz CT molecular complexity index is 132. The highest BCUT2D eigenvalue weighted by Gasteiger charge is 2.39. The molecule has 0 aromatic heterocycles. The van der Waals surface area contributed by atoms with Gasteiger partial charge in [0.25, 0.3) is 0 Å². The van der Waals surface area contributed by atoms with Crippen LogP contribution in [0.25, 0.3) is 0 Å². The van der Waals surface area contributed by atoms with Gasteiger partial charge >= 0.3 is 0 Å². The second-order valence-electron chi connectivity index (χ2n) is 3.63. The van der Waals surface area contributed by atoms with E-state index in [0.717, 1.165) is 12.8 Å². The number of rotatable bonds is 1. The van der Waals surface area contributed by atoms with E-state index in [2.05, 4.69) is 13.8 Å². The van der Waals surface area contributed by atoms with Crippen molar-refractivity contribution < 1.29 is 4.79 Å². The monoisotopic (exact) mass is 126 g/mol. The number of carbonyl (C=O) groups excluding carboxylic acids is 1. The third-order valence-electron chi connectivity index (χ3n) is 1.97. The van der Waals surface area contributed by atoms with Crippen molar-refractivity contribution in [2.45, 2.75) is 26.7 Å². The van der Waals surface area contributed by atoms with Gasteiger partial charge in [-0.1, -0.05) is 13.8 Å². The van der Waals surface area contributed by atoms with Gasteiger partial charge in [0.15, 0.2) is 0 Å². The van der Waals surface area contributed by atoms with Crippen LogP contribution >= 0.6 is 0 Å². The molecule has 0 bridgehead atoms. The predicted molar refractivity (Wildman–Crippen MR) is 34.6 cm³/mol. The van der Waals surface area contributed by atoms with Crippen LogP contribution in [0.5, 0.6) is 0 Å². The lowest BCUT2D eigenvalue weighted by molar-refractivity contribution is -0.128. The van der Waals surface area contributed by atoms with E-state index in [-0.39, 0.29) is 11.8 Å². The normalized spacial score (nSPS) is 25.1. The molecule has 9 heavy (non-hydrogen) atoms. The van der Waals surface area contributed by atoms with Crippen molar-refractivity contribution in [1.29, 1.82) is 0 Å². The zero-order valence-electron chi connectivity index (χ0n) is 5.90. The van der Waals surface area contributed by atoms with Gasteiger partial charge in [-0.15, -0.1) is 0 Å². The lowest BCUT2D eigenvalue weighted by atomic mass is 9.64. The maximum Gasteiger partial charge on any atom is 0.241 e. The number of amides is 1. The summed E-state index contributed by atoms with van der Waals surface area (Å²) in [4.78, 5) is 10.4. The molecule has 0 unspecified atom stereocenters. The van der Waals surface area contributed by atoms with Crippen molar-refractivity contribution in [1.82, 2.24) is 5.73 Å². The second kappa shape index (κ2) is 1.72. The molecule has 1 aliphatic rings. The Morgan fingerprint density at radius 1 is 1.56 bits per heavy atom. The Kier molecular flexibility index (Phi) is 1.26. The van der Waals surface area contributed by atoms with E-state index < -0.39 is 0 Å². The van der Waals surface area contributed by atoms with Crippen LogP contribution in [-0.4, -0.2) is 5.91 Å². The molecule has 1 radical (unpaired) electrons. The fourth-order valence-electron chi connectivity index (χ4n) is 1.46. The molecule has 0 aromatic rings. The van der Waals surface area contributed by atoms with Crippen LogP contribution in [0.3, 0.4) is 0 Å². The van der Waals surface area contributed by atoms with Crippen LogP contribution < -0.4 is 5.73 Å². The molecule has 0 heterocycles. The van der Waals surface area contributed by atoms with Gasteiger partial charge in [-0.25, -0.2) is 0 Å². The zero-order valence-corrected chi connectivity index (χ0v) is 5.90. The average molecular weight is 126 g/mol. The highest BCUT2D eigenvalue weighted by molar-refractivity contribution is 5.76. The van der Waals surface area contributed by atoms with Crippen molar-refractivity contribution in [2.24, 2.45) is 11.3 Å². The van der Waals surface area contributed by atoms with Gasteiger partial charge in [0.1, 0.15) is 0 Å². The molecule has 1 saturated carbocycles. The maximum atomic E-state index is 10.4. The van der Waals surface area contributed by atoms with E-state index in [1.807, 2.05) is 0 Å². The van der Waals surface area contributed by atoms with Crippen LogP contribution in [0.1, 0.15) is 26.7 Å². The minimum Gasteiger partial charge on any atom is -0.273 e. The number of carbonyl (C=O) groups is 1.